The number of hydrogen-bond acceptors (Lipinski definition) is 5. The molecule has 1 saturated heterocycles. The summed E-state index contributed by atoms with van der Waals surface area (Å²) in [6.45, 7) is 5.10. The Morgan fingerprint density at radius 3 is 3.00 bits per heavy atom. The van der Waals surface area contributed by atoms with E-state index in [9.17, 15) is 10.1 Å². The van der Waals surface area contributed by atoms with Crippen LogP contribution in [-0.4, -0.2) is 38.9 Å². The summed E-state index contributed by atoms with van der Waals surface area (Å²) in [7, 11) is 1.53. The summed E-state index contributed by atoms with van der Waals surface area (Å²) >= 11 is 0. The normalized spacial score (nSPS) is 16.8. The fourth-order valence-corrected chi connectivity index (χ4v) is 2.46. The highest BCUT2D eigenvalue weighted by Gasteiger charge is 2.17. The molecular formula is C19H22N2O4. The van der Waals surface area contributed by atoms with E-state index in [-0.39, 0.29) is 11.7 Å². The fourth-order valence-electron chi connectivity index (χ4n) is 2.46. The zero-order valence-electron chi connectivity index (χ0n) is 14.3. The van der Waals surface area contributed by atoms with E-state index >= 15 is 0 Å². The lowest BCUT2D eigenvalue weighted by atomic mass is 10.1. The predicted octanol–water partition coefficient (Wildman–Crippen LogP) is 2.46. The summed E-state index contributed by atoms with van der Waals surface area (Å²) in [5.74, 6) is 0.678. The van der Waals surface area contributed by atoms with Crippen molar-refractivity contribution in [2.24, 2.45) is 0 Å². The Bertz CT molecular complexity index is 685. The van der Waals surface area contributed by atoms with Crippen LogP contribution in [0.2, 0.25) is 0 Å². The van der Waals surface area contributed by atoms with Gasteiger partial charge in [0.15, 0.2) is 11.5 Å². The minimum atomic E-state index is -0.413. The Morgan fingerprint density at radius 2 is 2.36 bits per heavy atom. The van der Waals surface area contributed by atoms with Gasteiger partial charge in [0, 0.05) is 13.2 Å². The van der Waals surface area contributed by atoms with Gasteiger partial charge >= 0.3 is 0 Å². The first-order valence-corrected chi connectivity index (χ1v) is 8.11. The van der Waals surface area contributed by atoms with E-state index in [1.165, 1.54) is 13.2 Å². The van der Waals surface area contributed by atoms with E-state index in [1.54, 1.807) is 24.3 Å². The number of carbonyl (C=O) groups is 1. The van der Waals surface area contributed by atoms with Crippen molar-refractivity contribution in [1.29, 1.82) is 5.26 Å². The molecule has 1 fully saturated rings. The van der Waals surface area contributed by atoms with Crippen molar-refractivity contribution in [2.75, 3.05) is 26.9 Å². The van der Waals surface area contributed by atoms with Crippen molar-refractivity contribution in [2.45, 2.75) is 18.9 Å². The molecule has 1 amide bonds. The zero-order valence-corrected chi connectivity index (χ0v) is 14.3. The fraction of sp³-hybridized carbons (Fsp3) is 0.368. The smallest absolute Gasteiger partial charge is 0.262 e. The maximum atomic E-state index is 12.2. The van der Waals surface area contributed by atoms with E-state index in [2.05, 4.69) is 11.9 Å². The minimum absolute atomic E-state index is 0.0276. The van der Waals surface area contributed by atoms with Crippen LogP contribution in [0, 0.1) is 11.3 Å². The van der Waals surface area contributed by atoms with Crippen LogP contribution in [0.4, 0.5) is 0 Å². The van der Waals surface area contributed by atoms with Crippen LogP contribution in [0.5, 0.6) is 11.5 Å². The van der Waals surface area contributed by atoms with Crippen molar-refractivity contribution in [3.05, 3.63) is 42.0 Å². The third-order valence-electron chi connectivity index (χ3n) is 3.73. The Hall–Kier alpha value is -2.78. The second-order valence-corrected chi connectivity index (χ2v) is 5.52. The first kappa shape index (κ1) is 18.6. The van der Waals surface area contributed by atoms with E-state index in [0.717, 1.165) is 19.4 Å². The first-order chi connectivity index (χ1) is 12.2. The number of hydrogen-bond donors (Lipinski definition) is 1. The molecule has 0 aromatic heterocycles. The van der Waals surface area contributed by atoms with Gasteiger partial charge in [-0.25, -0.2) is 0 Å². The number of amides is 1. The average Bonchev–Trinajstić information content (AvgIpc) is 3.16. The standard InChI is InChI=1S/C19H22N2O4/c1-3-8-25-17-7-6-14(11-18(17)23-2)10-15(12-20)19(22)21-13-16-5-4-9-24-16/h3,6-7,10-11,16H,1,4-5,8-9,13H2,2H3,(H,21,22)/b15-10+/t16-/m1/s1. The lowest BCUT2D eigenvalue weighted by molar-refractivity contribution is -0.117. The van der Waals surface area contributed by atoms with Crippen LogP contribution in [0.1, 0.15) is 18.4 Å². The third kappa shape index (κ3) is 5.37. The van der Waals surface area contributed by atoms with Crippen LogP contribution >= 0.6 is 0 Å². The van der Waals surface area contributed by atoms with Crippen molar-refractivity contribution in [3.63, 3.8) is 0 Å². The molecule has 1 heterocycles. The van der Waals surface area contributed by atoms with Crippen LogP contribution in [0.25, 0.3) is 6.08 Å². The second kappa shape index (κ2) is 9.50. The van der Waals surface area contributed by atoms with E-state index < -0.39 is 5.91 Å². The zero-order chi connectivity index (χ0) is 18.1. The van der Waals surface area contributed by atoms with Crippen LogP contribution in [0.3, 0.4) is 0 Å². The van der Waals surface area contributed by atoms with Gasteiger partial charge in [0.2, 0.25) is 0 Å². The molecule has 1 aliphatic heterocycles. The average molecular weight is 342 g/mol. The number of ether oxygens (including phenoxy) is 3. The molecule has 0 spiro atoms. The summed E-state index contributed by atoms with van der Waals surface area (Å²) in [6, 6.07) is 7.13. The van der Waals surface area contributed by atoms with Crippen molar-refractivity contribution in [3.8, 4) is 17.6 Å². The molecule has 1 atom stereocenters. The van der Waals surface area contributed by atoms with Gasteiger partial charge in [-0.3, -0.25) is 4.79 Å². The van der Waals surface area contributed by atoms with Crippen LogP contribution in [0.15, 0.2) is 36.4 Å². The monoisotopic (exact) mass is 342 g/mol. The Labute approximate surface area is 147 Å². The highest BCUT2D eigenvalue weighted by molar-refractivity contribution is 6.01. The van der Waals surface area contributed by atoms with E-state index in [1.807, 2.05) is 6.07 Å². The summed E-state index contributed by atoms with van der Waals surface area (Å²) in [4.78, 5) is 12.2. The molecule has 0 saturated carbocycles. The van der Waals surface area contributed by atoms with Gasteiger partial charge in [0.25, 0.3) is 5.91 Å². The SMILES string of the molecule is C=CCOc1ccc(/C=C(\C#N)C(=O)NC[C@H]2CCCO2)cc1OC. The Morgan fingerprint density at radius 1 is 1.52 bits per heavy atom. The maximum absolute atomic E-state index is 12.2. The quantitative estimate of drug-likeness (QED) is 0.446. The number of benzene rings is 1. The lowest BCUT2D eigenvalue weighted by Gasteiger charge is -2.11. The predicted molar refractivity (Wildman–Crippen MR) is 94.3 cm³/mol. The van der Waals surface area contributed by atoms with Crippen molar-refractivity contribution < 1.29 is 19.0 Å². The van der Waals surface area contributed by atoms with Crippen LogP contribution < -0.4 is 14.8 Å². The molecule has 0 unspecified atom stereocenters. The molecule has 1 aromatic carbocycles. The topological polar surface area (TPSA) is 80.6 Å². The number of carbonyl (C=O) groups excluding carboxylic acids is 1. The molecule has 0 bridgehead atoms. The molecule has 1 aliphatic rings. The van der Waals surface area contributed by atoms with E-state index in [4.69, 9.17) is 14.2 Å². The highest BCUT2D eigenvalue weighted by Crippen LogP contribution is 2.29. The largest absolute Gasteiger partial charge is 0.493 e. The molecule has 1 aromatic rings. The van der Waals surface area contributed by atoms with Gasteiger partial charge in [-0.2, -0.15) is 5.26 Å². The molecule has 6 nitrogen and oxygen atoms in total. The molecule has 0 aliphatic carbocycles. The van der Waals surface area contributed by atoms with E-state index in [0.29, 0.717) is 30.2 Å². The number of nitrogens with one attached hydrogen (secondary N) is 1. The van der Waals surface area contributed by atoms with Crippen molar-refractivity contribution >= 4 is 12.0 Å². The summed E-state index contributed by atoms with van der Waals surface area (Å²) < 4.78 is 16.2. The van der Waals surface area contributed by atoms with Crippen molar-refractivity contribution in [1.82, 2.24) is 5.32 Å². The number of nitriles is 1. The number of nitrogens with zero attached hydrogens (tertiary/aromatic N) is 1. The van der Waals surface area contributed by atoms with Gasteiger partial charge in [-0.15, -0.1) is 0 Å². The van der Waals surface area contributed by atoms with Gasteiger partial charge in [0.05, 0.1) is 13.2 Å². The number of methoxy groups -OCH3 is 1. The lowest BCUT2D eigenvalue weighted by Crippen LogP contribution is -2.32. The Kier molecular flexibility index (Phi) is 7.05. The van der Waals surface area contributed by atoms with Gasteiger partial charge < -0.3 is 19.5 Å². The molecule has 25 heavy (non-hydrogen) atoms. The van der Waals surface area contributed by atoms with Gasteiger partial charge in [-0.1, -0.05) is 18.7 Å². The molecule has 0 radical (unpaired) electrons. The summed E-state index contributed by atoms with van der Waals surface area (Å²) in [5.41, 5.74) is 0.700. The molecular weight excluding hydrogens is 320 g/mol. The van der Waals surface area contributed by atoms with Gasteiger partial charge in [0.1, 0.15) is 18.2 Å². The van der Waals surface area contributed by atoms with Crippen LogP contribution in [-0.2, 0) is 9.53 Å². The molecule has 1 N–H and O–H groups in total. The molecule has 6 heteroatoms. The molecule has 2 rings (SSSR count). The number of rotatable bonds is 8. The minimum Gasteiger partial charge on any atom is -0.493 e. The first-order valence-electron chi connectivity index (χ1n) is 8.11. The maximum Gasteiger partial charge on any atom is 0.262 e. The molecule has 132 valence electrons. The third-order valence-corrected chi connectivity index (χ3v) is 3.73. The highest BCUT2D eigenvalue weighted by atomic mass is 16.5. The second-order valence-electron chi connectivity index (χ2n) is 5.52. The summed E-state index contributed by atoms with van der Waals surface area (Å²) in [6.07, 6.45) is 5.12. The summed E-state index contributed by atoms with van der Waals surface area (Å²) in [5, 5.41) is 12.0. The van der Waals surface area contributed by atoms with Gasteiger partial charge in [-0.05, 0) is 36.6 Å². The Balaban J connectivity index is 2.08.